The van der Waals surface area contributed by atoms with Crippen LogP contribution in [-0.2, 0) is 4.79 Å². The van der Waals surface area contributed by atoms with Crippen LogP contribution in [0.15, 0.2) is 30.5 Å². The largest absolute Gasteiger partial charge is 0.324 e. The number of hydrogen-bond donors (Lipinski definition) is 2. The first-order chi connectivity index (χ1) is 9.00. The molecule has 1 heterocycles. The zero-order chi connectivity index (χ0) is 14.0. The molecule has 4 heteroatoms. The lowest BCUT2D eigenvalue weighted by molar-refractivity contribution is -0.118. The van der Waals surface area contributed by atoms with E-state index < -0.39 is 6.04 Å². The Morgan fingerprint density at radius 3 is 2.74 bits per heavy atom. The Morgan fingerprint density at radius 1 is 1.32 bits per heavy atom. The summed E-state index contributed by atoms with van der Waals surface area (Å²) in [6, 6.07) is 7.15. The van der Waals surface area contributed by atoms with Crippen LogP contribution in [-0.4, -0.2) is 16.9 Å². The van der Waals surface area contributed by atoms with Gasteiger partial charge in [-0.15, -0.1) is 0 Å². The topological polar surface area (TPSA) is 68.0 Å². The summed E-state index contributed by atoms with van der Waals surface area (Å²) in [5, 5.41) is 3.83. The van der Waals surface area contributed by atoms with Gasteiger partial charge < -0.3 is 11.1 Å². The highest BCUT2D eigenvalue weighted by Gasteiger charge is 2.18. The van der Waals surface area contributed by atoms with Crippen molar-refractivity contribution in [1.82, 2.24) is 4.98 Å². The average Bonchev–Trinajstić information content (AvgIpc) is 2.41. The molecule has 0 aliphatic heterocycles. The molecule has 1 amide bonds. The number of rotatable bonds is 3. The number of nitrogens with two attached hydrogens (primary N) is 1. The Morgan fingerprint density at radius 2 is 2.05 bits per heavy atom. The van der Waals surface area contributed by atoms with Gasteiger partial charge in [0.25, 0.3) is 0 Å². The van der Waals surface area contributed by atoms with Crippen LogP contribution in [0.5, 0.6) is 0 Å². The number of benzene rings is 1. The molecule has 1 aromatic carbocycles. The number of nitrogens with one attached hydrogen (secondary N) is 1. The Balaban J connectivity index is 2.36. The molecule has 0 saturated heterocycles. The molecule has 4 nitrogen and oxygen atoms in total. The number of nitrogens with zero attached hydrogens (tertiary/aromatic N) is 1. The molecule has 0 bridgehead atoms. The quantitative estimate of drug-likeness (QED) is 0.887. The minimum atomic E-state index is -0.506. The summed E-state index contributed by atoms with van der Waals surface area (Å²) >= 11 is 0. The third-order valence-electron chi connectivity index (χ3n) is 3.25. The first kappa shape index (κ1) is 13.5. The molecule has 0 radical (unpaired) electrons. The van der Waals surface area contributed by atoms with E-state index in [9.17, 15) is 4.79 Å². The third kappa shape index (κ3) is 2.74. The predicted octanol–water partition coefficient (Wildman–Crippen LogP) is 2.47. The minimum absolute atomic E-state index is 0.106. The summed E-state index contributed by atoms with van der Waals surface area (Å²) in [6.45, 7) is 5.86. The summed E-state index contributed by atoms with van der Waals surface area (Å²) in [5.74, 6) is -0.0566. The maximum absolute atomic E-state index is 12.0. The molecule has 0 fully saturated rings. The van der Waals surface area contributed by atoms with Crippen LogP contribution in [0, 0.1) is 12.8 Å². The summed E-state index contributed by atoms with van der Waals surface area (Å²) in [6.07, 6.45) is 1.75. The van der Waals surface area contributed by atoms with E-state index in [2.05, 4.69) is 10.3 Å². The second-order valence-electron chi connectivity index (χ2n) is 5.09. The number of pyridine rings is 1. The first-order valence-electron chi connectivity index (χ1n) is 6.41. The molecule has 100 valence electrons. The van der Waals surface area contributed by atoms with Crippen LogP contribution in [0.3, 0.4) is 0 Å². The van der Waals surface area contributed by atoms with Gasteiger partial charge in [-0.1, -0.05) is 19.9 Å². The lowest BCUT2D eigenvalue weighted by Gasteiger charge is -2.16. The highest BCUT2D eigenvalue weighted by Crippen LogP contribution is 2.24. The van der Waals surface area contributed by atoms with Crippen molar-refractivity contribution in [3.8, 4) is 0 Å². The molecule has 0 saturated carbocycles. The van der Waals surface area contributed by atoms with E-state index in [0.29, 0.717) is 0 Å². The highest BCUT2D eigenvalue weighted by molar-refractivity contribution is 6.03. The van der Waals surface area contributed by atoms with Crippen LogP contribution in [0.1, 0.15) is 19.4 Å². The van der Waals surface area contributed by atoms with Crippen LogP contribution >= 0.6 is 0 Å². The zero-order valence-corrected chi connectivity index (χ0v) is 11.5. The van der Waals surface area contributed by atoms with Crippen LogP contribution in [0.4, 0.5) is 5.69 Å². The molecule has 0 aliphatic carbocycles. The van der Waals surface area contributed by atoms with Gasteiger partial charge in [0.1, 0.15) is 0 Å². The van der Waals surface area contributed by atoms with Crippen LogP contribution < -0.4 is 11.1 Å². The van der Waals surface area contributed by atoms with E-state index in [4.69, 9.17) is 5.73 Å². The average molecular weight is 257 g/mol. The maximum atomic E-state index is 12.0. The summed E-state index contributed by atoms with van der Waals surface area (Å²) in [4.78, 5) is 16.4. The number of hydrogen-bond acceptors (Lipinski definition) is 3. The number of anilines is 1. The van der Waals surface area contributed by atoms with E-state index in [1.54, 1.807) is 6.20 Å². The molecule has 0 spiro atoms. The van der Waals surface area contributed by atoms with Crippen molar-refractivity contribution in [2.45, 2.75) is 26.8 Å². The number of aromatic nitrogens is 1. The number of carbonyl (C=O) groups is 1. The molecular weight excluding hydrogens is 238 g/mol. The molecule has 19 heavy (non-hydrogen) atoms. The van der Waals surface area contributed by atoms with Crippen molar-refractivity contribution >= 4 is 22.5 Å². The summed E-state index contributed by atoms with van der Waals surface area (Å²) < 4.78 is 0. The fraction of sp³-hybridized carbons (Fsp3) is 0.333. The fourth-order valence-electron chi connectivity index (χ4n) is 1.94. The lowest BCUT2D eigenvalue weighted by Crippen LogP contribution is -2.39. The second-order valence-corrected chi connectivity index (χ2v) is 5.09. The van der Waals surface area contributed by atoms with Crippen molar-refractivity contribution in [3.63, 3.8) is 0 Å². The molecule has 2 rings (SSSR count). The van der Waals surface area contributed by atoms with E-state index in [0.717, 1.165) is 22.2 Å². The van der Waals surface area contributed by atoms with Crippen LogP contribution in [0.25, 0.3) is 10.9 Å². The number of carbonyl (C=O) groups excluding carboxylic acids is 1. The van der Waals surface area contributed by atoms with Gasteiger partial charge in [-0.3, -0.25) is 9.78 Å². The van der Waals surface area contributed by atoms with Gasteiger partial charge in [0.2, 0.25) is 5.91 Å². The lowest BCUT2D eigenvalue weighted by atomic mass is 10.0. The Bertz CT molecular complexity index is 607. The molecular formula is C15H19N3O. The number of amides is 1. The van der Waals surface area contributed by atoms with Gasteiger partial charge in [-0.2, -0.15) is 0 Å². The maximum Gasteiger partial charge on any atom is 0.241 e. The van der Waals surface area contributed by atoms with E-state index in [1.165, 1.54) is 0 Å². The monoisotopic (exact) mass is 257 g/mol. The van der Waals surface area contributed by atoms with Gasteiger partial charge in [-0.05, 0) is 36.6 Å². The van der Waals surface area contributed by atoms with Gasteiger partial charge >= 0.3 is 0 Å². The Kier molecular flexibility index (Phi) is 3.81. The SMILES string of the molecule is Cc1ccc(NC(=O)[C@H](N)C(C)C)c2cccnc12. The Hall–Kier alpha value is -1.94. The molecule has 3 N–H and O–H groups in total. The first-order valence-corrected chi connectivity index (χ1v) is 6.41. The molecule has 0 aliphatic rings. The van der Waals surface area contributed by atoms with Crippen LogP contribution in [0.2, 0.25) is 0 Å². The molecule has 2 aromatic rings. The highest BCUT2D eigenvalue weighted by atomic mass is 16.2. The van der Waals surface area contributed by atoms with Gasteiger partial charge in [0.05, 0.1) is 17.2 Å². The van der Waals surface area contributed by atoms with Crippen molar-refractivity contribution in [3.05, 3.63) is 36.0 Å². The predicted molar refractivity (Wildman–Crippen MR) is 77.9 cm³/mol. The molecule has 0 unspecified atom stereocenters. The number of fused-ring (bicyclic) bond motifs is 1. The molecule has 1 aromatic heterocycles. The van der Waals surface area contributed by atoms with Gasteiger partial charge in [0, 0.05) is 11.6 Å². The minimum Gasteiger partial charge on any atom is -0.324 e. The van der Waals surface area contributed by atoms with Crippen molar-refractivity contribution in [2.24, 2.45) is 11.7 Å². The second kappa shape index (κ2) is 5.36. The summed E-state index contributed by atoms with van der Waals surface area (Å²) in [5.41, 5.74) is 8.60. The fourth-order valence-corrected chi connectivity index (χ4v) is 1.94. The van der Waals surface area contributed by atoms with Crippen molar-refractivity contribution in [2.75, 3.05) is 5.32 Å². The standard InChI is InChI=1S/C15H19N3O/c1-9(2)13(16)15(19)18-12-7-6-10(3)14-11(12)5-4-8-17-14/h4-9,13H,16H2,1-3H3,(H,18,19)/t13-/m1/s1. The Labute approximate surface area is 113 Å². The normalized spacial score (nSPS) is 12.7. The summed E-state index contributed by atoms with van der Waals surface area (Å²) in [7, 11) is 0. The van der Waals surface area contributed by atoms with E-state index in [-0.39, 0.29) is 11.8 Å². The van der Waals surface area contributed by atoms with E-state index >= 15 is 0 Å². The van der Waals surface area contributed by atoms with Gasteiger partial charge in [-0.25, -0.2) is 0 Å². The zero-order valence-electron chi connectivity index (χ0n) is 11.5. The van der Waals surface area contributed by atoms with E-state index in [1.807, 2.05) is 45.0 Å². The van der Waals surface area contributed by atoms with Crippen molar-refractivity contribution in [1.29, 1.82) is 0 Å². The molecule has 1 atom stereocenters. The smallest absolute Gasteiger partial charge is 0.241 e. The third-order valence-corrected chi connectivity index (χ3v) is 3.25. The number of aryl methyl sites for hydroxylation is 1. The van der Waals surface area contributed by atoms with Gasteiger partial charge in [0.15, 0.2) is 0 Å². The van der Waals surface area contributed by atoms with Crippen molar-refractivity contribution < 1.29 is 4.79 Å².